The van der Waals surface area contributed by atoms with Crippen LogP contribution in [0.2, 0.25) is 0 Å². The second-order valence-electron chi connectivity index (χ2n) is 8.11. The first kappa shape index (κ1) is 19.5. The van der Waals surface area contributed by atoms with Crippen molar-refractivity contribution in [3.05, 3.63) is 53.5 Å². The number of aromatic nitrogens is 2. The van der Waals surface area contributed by atoms with Crippen LogP contribution in [-0.4, -0.2) is 40.2 Å². The van der Waals surface area contributed by atoms with Gasteiger partial charge in [0.15, 0.2) is 0 Å². The van der Waals surface area contributed by atoms with Crippen molar-refractivity contribution in [3.8, 4) is 5.75 Å². The molecule has 160 valence electrons. The van der Waals surface area contributed by atoms with E-state index in [-0.39, 0.29) is 23.5 Å². The Balaban J connectivity index is 1.71. The van der Waals surface area contributed by atoms with Crippen molar-refractivity contribution in [1.29, 1.82) is 0 Å². The van der Waals surface area contributed by atoms with E-state index < -0.39 is 5.97 Å². The van der Waals surface area contributed by atoms with Crippen molar-refractivity contribution in [2.75, 3.05) is 23.4 Å². The zero-order valence-electron chi connectivity index (χ0n) is 17.1. The first-order chi connectivity index (χ1) is 15.0. The van der Waals surface area contributed by atoms with E-state index in [9.17, 15) is 14.3 Å². The molecule has 0 spiro atoms. The maximum Gasteiger partial charge on any atom is 0.339 e. The highest BCUT2D eigenvalue weighted by molar-refractivity contribution is 6.03. The molecule has 2 aliphatic heterocycles. The molecule has 7 nitrogen and oxygen atoms in total. The van der Waals surface area contributed by atoms with Crippen LogP contribution in [0.3, 0.4) is 0 Å². The third-order valence-electron chi connectivity index (χ3n) is 6.01. The topological polar surface area (TPSA) is 87.6 Å². The van der Waals surface area contributed by atoms with Crippen molar-refractivity contribution < 1.29 is 19.0 Å². The SMILES string of the molecule is C[C@@H]1CCOc2ccc(F)cc2[C@H]2CCCN2c2ccc3ncc(C(=O)O)c(c3n2)N1. The number of carboxylic acid groups (broad SMARTS) is 1. The molecule has 2 aromatic heterocycles. The van der Waals surface area contributed by atoms with Crippen LogP contribution in [0.5, 0.6) is 5.75 Å². The van der Waals surface area contributed by atoms with E-state index in [0.717, 1.165) is 24.9 Å². The second kappa shape index (κ2) is 7.68. The Morgan fingerprint density at radius 3 is 3.00 bits per heavy atom. The number of pyridine rings is 2. The number of nitrogens with one attached hydrogen (secondary N) is 1. The van der Waals surface area contributed by atoms with Crippen LogP contribution >= 0.6 is 0 Å². The maximum atomic E-state index is 14.2. The van der Waals surface area contributed by atoms with Gasteiger partial charge in [0, 0.05) is 30.8 Å². The lowest BCUT2D eigenvalue weighted by molar-refractivity contribution is 0.0697. The highest BCUT2D eigenvalue weighted by atomic mass is 19.1. The molecule has 1 fully saturated rings. The van der Waals surface area contributed by atoms with Crippen molar-refractivity contribution >= 4 is 28.5 Å². The number of benzene rings is 1. The monoisotopic (exact) mass is 422 g/mol. The minimum absolute atomic E-state index is 0.0687. The number of hydrogen-bond donors (Lipinski definition) is 2. The van der Waals surface area contributed by atoms with Gasteiger partial charge in [0.25, 0.3) is 0 Å². The highest BCUT2D eigenvalue weighted by Gasteiger charge is 2.31. The number of carbonyl (C=O) groups is 1. The highest BCUT2D eigenvalue weighted by Crippen LogP contribution is 2.41. The Labute approximate surface area is 178 Å². The average molecular weight is 422 g/mol. The van der Waals surface area contributed by atoms with Crippen molar-refractivity contribution in [2.45, 2.75) is 38.3 Å². The van der Waals surface area contributed by atoms with Gasteiger partial charge in [0.05, 0.1) is 23.9 Å². The van der Waals surface area contributed by atoms with Crippen molar-refractivity contribution in [1.82, 2.24) is 9.97 Å². The Bertz CT molecular complexity index is 1170. The number of nitrogens with zero attached hydrogens (tertiary/aromatic N) is 3. The van der Waals surface area contributed by atoms with Crippen LogP contribution in [0, 0.1) is 5.82 Å². The van der Waals surface area contributed by atoms with Gasteiger partial charge in [0.1, 0.15) is 28.5 Å². The van der Waals surface area contributed by atoms with Crippen molar-refractivity contribution in [2.24, 2.45) is 0 Å². The van der Waals surface area contributed by atoms with E-state index in [1.807, 2.05) is 19.1 Å². The van der Waals surface area contributed by atoms with Crippen LogP contribution in [0.25, 0.3) is 11.0 Å². The average Bonchev–Trinajstić information content (AvgIpc) is 3.23. The molecule has 2 N–H and O–H groups in total. The summed E-state index contributed by atoms with van der Waals surface area (Å²) in [6.07, 6.45) is 3.80. The molecule has 0 unspecified atom stereocenters. The molecule has 0 radical (unpaired) electrons. The van der Waals surface area contributed by atoms with Gasteiger partial charge in [-0.25, -0.2) is 14.2 Å². The number of hydrogen-bond acceptors (Lipinski definition) is 6. The number of rotatable bonds is 1. The molecule has 0 amide bonds. The fourth-order valence-electron chi connectivity index (χ4n) is 4.46. The zero-order chi connectivity index (χ0) is 21.5. The Morgan fingerprint density at radius 2 is 2.16 bits per heavy atom. The van der Waals surface area contributed by atoms with E-state index in [1.165, 1.54) is 12.3 Å². The number of carboxylic acids is 1. The number of aromatic carboxylic acids is 1. The standard InChI is InChI=1S/C23H23FN4O3/c1-13-8-10-31-19-6-4-14(24)11-15(19)18-3-2-9-28(18)20-7-5-17-22(27-20)21(26-13)16(12-25-17)23(29)30/h4-7,11-13,18,26H,2-3,8-10H2,1H3,(H,29,30)/t13-,18-/m1/s1. The minimum atomic E-state index is -1.06. The molecule has 3 aromatic rings. The number of anilines is 2. The third-order valence-corrected chi connectivity index (χ3v) is 6.01. The van der Waals surface area contributed by atoms with Crippen LogP contribution in [0.1, 0.15) is 48.1 Å². The quantitative estimate of drug-likeness (QED) is 0.601. The van der Waals surface area contributed by atoms with Gasteiger partial charge >= 0.3 is 5.97 Å². The Morgan fingerprint density at radius 1 is 1.29 bits per heavy atom. The molecule has 2 bridgehead atoms. The number of halogens is 1. The number of ether oxygens (including phenoxy) is 1. The molecular formula is C23H23FN4O3. The van der Waals surface area contributed by atoms with Gasteiger partial charge in [-0.15, -0.1) is 0 Å². The summed E-state index contributed by atoms with van der Waals surface area (Å²) >= 11 is 0. The van der Waals surface area contributed by atoms with E-state index in [1.54, 1.807) is 12.1 Å². The summed E-state index contributed by atoms with van der Waals surface area (Å²) < 4.78 is 20.2. The Hall–Kier alpha value is -3.42. The van der Waals surface area contributed by atoms with Gasteiger partial charge in [-0.3, -0.25) is 4.98 Å². The van der Waals surface area contributed by atoms with E-state index in [0.29, 0.717) is 41.3 Å². The second-order valence-corrected chi connectivity index (χ2v) is 8.11. The van der Waals surface area contributed by atoms with E-state index in [4.69, 9.17) is 9.72 Å². The van der Waals surface area contributed by atoms with Crippen LogP contribution in [0.4, 0.5) is 15.9 Å². The summed E-state index contributed by atoms with van der Waals surface area (Å²) in [7, 11) is 0. The summed E-state index contributed by atoms with van der Waals surface area (Å²) in [4.78, 5) is 23.2. The largest absolute Gasteiger partial charge is 0.493 e. The van der Waals surface area contributed by atoms with Gasteiger partial charge in [-0.05, 0) is 50.1 Å². The fourth-order valence-corrected chi connectivity index (χ4v) is 4.46. The minimum Gasteiger partial charge on any atom is -0.493 e. The molecule has 1 aromatic carbocycles. The number of fused-ring (bicyclic) bond motifs is 5. The summed E-state index contributed by atoms with van der Waals surface area (Å²) in [5.41, 5.74) is 2.51. The predicted molar refractivity (Wildman–Crippen MR) is 115 cm³/mol. The first-order valence-electron chi connectivity index (χ1n) is 10.5. The molecule has 2 aliphatic rings. The van der Waals surface area contributed by atoms with E-state index in [2.05, 4.69) is 15.2 Å². The molecule has 5 rings (SSSR count). The predicted octanol–water partition coefficient (Wildman–Crippen LogP) is 4.39. The van der Waals surface area contributed by atoms with Crippen molar-refractivity contribution in [3.63, 3.8) is 0 Å². The van der Waals surface area contributed by atoms with Gasteiger partial charge in [-0.1, -0.05) is 0 Å². The van der Waals surface area contributed by atoms with E-state index >= 15 is 0 Å². The normalized spacial score (nSPS) is 20.6. The summed E-state index contributed by atoms with van der Waals surface area (Å²) in [6.45, 7) is 3.15. The molecular weight excluding hydrogens is 399 g/mol. The summed E-state index contributed by atoms with van der Waals surface area (Å²) in [6, 6.07) is 8.27. The lowest BCUT2D eigenvalue weighted by atomic mass is 10.0. The maximum absolute atomic E-state index is 14.2. The molecule has 4 heterocycles. The zero-order valence-corrected chi connectivity index (χ0v) is 17.1. The Kier molecular flexibility index (Phi) is 4.84. The summed E-state index contributed by atoms with van der Waals surface area (Å²) in [5.74, 6) is 0.0390. The van der Waals surface area contributed by atoms with Crippen LogP contribution in [-0.2, 0) is 0 Å². The molecule has 1 saturated heterocycles. The van der Waals surface area contributed by atoms with Crippen LogP contribution in [0.15, 0.2) is 36.5 Å². The van der Waals surface area contributed by atoms with Gasteiger partial charge < -0.3 is 20.1 Å². The third kappa shape index (κ3) is 3.52. The lowest BCUT2D eigenvalue weighted by Gasteiger charge is -2.28. The molecule has 31 heavy (non-hydrogen) atoms. The molecule has 0 saturated carbocycles. The van der Waals surface area contributed by atoms with Crippen LogP contribution < -0.4 is 15.0 Å². The van der Waals surface area contributed by atoms with Gasteiger partial charge in [-0.2, -0.15) is 0 Å². The molecule has 0 aliphatic carbocycles. The van der Waals surface area contributed by atoms with Gasteiger partial charge in [0.2, 0.25) is 0 Å². The fraction of sp³-hybridized carbons (Fsp3) is 0.348. The first-order valence-corrected chi connectivity index (χ1v) is 10.5. The lowest BCUT2D eigenvalue weighted by Crippen LogP contribution is -2.24. The molecule has 2 atom stereocenters. The molecule has 8 heteroatoms. The smallest absolute Gasteiger partial charge is 0.339 e. The summed E-state index contributed by atoms with van der Waals surface area (Å²) in [5, 5.41) is 13.0.